The fourth-order valence-electron chi connectivity index (χ4n) is 0.855. The predicted octanol–water partition coefficient (Wildman–Crippen LogP) is 2.47. The standard InChI is InChI=1S/C9H10/c1-3-9(4-2)7-5-6-8-9/h3-8H,1-2H2. The molecule has 1 aliphatic carbocycles. The van der Waals surface area contributed by atoms with E-state index in [1.807, 2.05) is 24.3 Å². The van der Waals surface area contributed by atoms with Gasteiger partial charge in [-0.15, -0.1) is 13.2 Å². The molecule has 0 aliphatic heterocycles. The number of rotatable bonds is 2. The highest BCUT2D eigenvalue weighted by Gasteiger charge is 2.15. The van der Waals surface area contributed by atoms with Crippen LogP contribution in [0.1, 0.15) is 0 Å². The van der Waals surface area contributed by atoms with Crippen molar-refractivity contribution in [1.82, 2.24) is 0 Å². The lowest BCUT2D eigenvalue weighted by atomic mass is 9.91. The minimum Gasteiger partial charge on any atom is -0.102 e. The summed E-state index contributed by atoms with van der Waals surface area (Å²) in [5, 5.41) is 0. The molecular weight excluding hydrogens is 108 g/mol. The van der Waals surface area contributed by atoms with Crippen LogP contribution < -0.4 is 0 Å². The van der Waals surface area contributed by atoms with Gasteiger partial charge < -0.3 is 0 Å². The van der Waals surface area contributed by atoms with Crippen molar-refractivity contribution in [2.24, 2.45) is 5.41 Å². The van der Waals surface area contributed by atoms with Crippen LogP contribution in [0, 0.1) is 5.41 Å². The van der Waals surface area contributed by atoms with Crippen molar-refractivity contribution >= 4 is 0 Å². The topological polar surface area (TPSA) is 0 Å². The monoisotopic (exact) mass is 118 g/mol. The Morgan fingerprint density at radius 2 is 1.44 bits per heavy atom. The van der Waals surface area contributed by atoms with Gasteiger partial charge in [-0.2, -0.15) is 0 Å². The van der Waals surface area contributed by atoms with Crippen LogP contribution in [0.4, 0.5) is 0 Å². The number of hydrogen-bond donors (Lipinski definition) is 0. The van der Waals surface area contributed by atoms with Gasteiger partial charge in [0.2, 0.25) is 0 Å². The van der Waals surface area contributed by atoms with E-state index in [4.69, 9.17) is 0 Å². The lowest BCUT2D eigenvalue weighted by molar-refractivity contribution is 0.841. The molecule has 0 spiro atoms. The molecule has 0 aromatic heterocycles. The summed E-state index contributed by atoms with van der Waals surface area (Å²) in [6.07, 6.45) is 11.9. The van der Waals surface area contributed by atoms with Crippen molar-refractivity contribution in [3.63, 3.8) is 0 Å². The van der Waals surface area contributed by atoms with Crippen LogP contribution in [0.5, 0.6) is 0 Å². The Balaban J connectivity index is 2.94. The molecule has 0 bridgehead atoms. The van der Waals surface area contributed by atoms with E-state index in [1.165, 1.54) is 0 Å². The van der Waals surface area contributed by atoms with Gasteiger partial charge in [0.05, 0.1) is 0 Å². The van der Waals surface area contributed by atoms with Crippen LogP contribution in [0.25, 0.3) is 0 Å². The van der Waals surface area contributed by atoms with Crippen LogP contribution in [-0.2, 0) is 0 Å². The van der Waals surface area contributed by atoms with E-state index in [1.54, 1.807) is 0 Å². The molecule has 0 aromatic rings. The smallest absolute Gasteiger partial charge is 0.0424 e. The van der Waals surface area contributed by atoms with Gasteiger partial charge in [-0.1, -0.05) is 36.5 Å². The van der Waals surface area contributed by atoms with Gasteiger partial charge in [0.1, 0.15) is 0 Å². The molecule has 0 aromatic carbocycles. The van der Waals surface area contributed by atoms with Gasteiger partial charge in [0.15, 0.2) is 0 Å². The molecule has 1 aliphatic rings. The maximum Gasteiger partial charge on any atom is 0.0424 e. The minimum atomic E-state index is -0.0556. The zero-order valence-electron chi connectivity index (χ0n) is 5.38. The molecule has 0 amide bonds. The maximum atomic E-state index is 3.71. The predicted molar refractivity (Wildman–Crippen MR) is 41.1 cm³/mol. The summed E-state index contributed by atoms with van der Waals surface area (Å²) >= 11 is 0. The summed E-state index contributed by atoms with van der Waals surface area (Å²) in [4.78, 5) is 0. The molecule has 0 heteroatoms. The average molecular weight is 118 g/mol. The third-order valence-corrected chi connectivity index (χ3v) is 1.59. The number of allylic oxidation sites excluding steroid dienone is 6. The molecule has 0 saturated carbocycles. The van der Waals surface area contributed by atoms with E-state index in [0.717, 1.165) is 0 Å². The summed E-state index contributed by atoms with van der Waals surface area (Å²) < 4.78 is 0. The van der Waals surface area contributed by atoms with Crippen LogP contribution in [0.2, 0.25) is 0 Å². The Kier molecular flexibility index (Phi) is 1.39. The van der Waals surface area contributed by atoms with Gasteiger partial charge in [-0.3, -0.25) is 0 Å². The molecule has 0 saturated heterocycles. The average Bonchev–Trinajstić information content (AvgIpc) is 2.36. The van der Waals surface area contributed by atoms with Crippen molar-refractivity contribution in [3.05, 3.63) is 49.6 Å². The SMILES string of the molecule is C=CC1(C=C)C=CC=C1. The normalized spacial score (nSPS) is 20.0. The summed E-state index contributed by atoms with van der Waals surface area (Å²) in [6.45, 7) is 7.42. The second kappa shape index (κ2) is 2.06. The van der Waals surface area contributed by atoms with E-state index in [0.29, 0.717) is 0 Å². The molecule has 0 fully saturated rings. The van der Waals surface area contributed by atoms with E-state index in [9.17, 15) is 0 Å². The first kappa shape index (κ1) is 6.09. The fourth-order valence-corrected chi connectivity index (χ4v) is 0.855. The quantitative estimate of drug-likeness (QED) is 0.488. The molecular formula is C9H10. The van der Waals surface area contributed by atoms with Crippen molar-refractivity contribution in [1.29, 1.82) is 0 Å². The second-order valence-electron chi connectivity index (χ2n) is 2.13. The molecule has 0 unspecified atom stereocenters. The Morgan fingerprint density at radius 1 is 1.00 bits per heavy atom. The third kappa shape index (κ3) is 0.879. The summed E-state index contributed by atoms with van der Waals surface area (Å²) in [7, 11) is 0. The first-order valence-corrected chi connectivity index (χ1v) is 2.97. The Morgan fingerprint density at radius 3 is 1.67 bits per heavy atom. The summed E-state index contributed by atoms with van der Waals surface area (Å²) in [5.74, 6) is 0. The molecule has 46 valence electrons. The number of hydrogen-bond acceptors (Lipinski definition) is 0. The van der Waals surface area contributed by atoms with Crippen LogP contribution in [0.15, 0.2) is 49.6 Å². The van der Waals surface area contributed by atoms with Crippen LogP contribution >= 0.6 is 0 Å². The van der Waals surface area contributed by atoms with Gasteiger partial charge in [-0.25, -0.2) is 0 Å². The summed E-state index contributed by atoms with van der Waals surface area (Å²) in [5.41, 5.74) is -0.0556. The van der Waals surface area contributed by atoms with Crippen molar-refractivity contribution < 1.29 is 0 Å². The lowest BCUT2D eigenvalue weighted by Gasteiger charge is -2.12. The first-order chi connectivity index (χ1) is 4.33. The zero-order chi connectivity index (χ0) is 6.74. The van der Waals surface area contributed by atoms with Gasteiger partial charge >= 0.3 is 0 Å². The van der Waals surface area contributed by atoms with Gasteiger partial charge in [0.25, 0.3) is 0 Å². The molecule has 9 heavy (non-hydrogen) atoms. The van der Waals surface area contributed by atoms with Gasteiger partial charge in [0, 0.05) is 5.41 Å². The largest absolute Gasteiger partial charge is 0.102 e. The zero-order valence-corrected chi connectivity index (χ0v) is 5.38. The summed E-state index contributed by atoms with van der Waals surface area (Å²) in [6, 6.07) is 0. The first-order valence-electron chi connectivity index (χ1n) is 2.97. The third-order valence-electron chi connectivity index (χ3n) is 1.59. The van der Waals surface area contributed by atoms with Crippen molar-refractivity contribution in [2.75, 3.05) is 0 Å². The van der Waals surface area contributed by atoms with Crippen molar-refractivity contribution in [3.8, 4) is 0 Å². The Bertz CT molecular complexity index is 160. The molecule has 0 radical (unpaired) electrons. The highest BCUT2D eigenvalue weighted by molar-refractivity contribution is 5.35. The second-order valence-corrected chi connectivity index (χ2v) is 2.13. The molecule has 0 atom stereocenters. The highest BCUT2D eigenvalue weighted by atomic mass is 14.2. The lowest BCUT2D eigenvalue weighted by Crippen LogP contribution is -2.02. The minimum absolute atomic E-state index is 0.0556. The maximum absolute atomic E-state index is 3.71. The van der Waals surface area contributed by atoms with Crippen LogP contribution in [-0.4, -0.2) is 0 Å². The highest BCUT2D eigenvalue weighted by Crippen LogP contribution is 2.27. The molecule has 0 heterocycles. The van der Waals surface area contributed by atoms with E-state index >= 15 is 0 Å². The van der Waals surface area contributed by atoms with E-state index in [2.05, 4.69) is 25.3 Å². The van der Waals surface area contributed by atoms with E-state index < -0.39 is 0 Å². The Hall–Kier alpha value is -1.04. The molecule has 0 N–H and O–H groups in total. The molecule has 0 nitrogen and oxygen atoms in total. The van der Waals surface area contributed by atoms with Crippen molar-refractivity contribution in [2.45, 2.75) is 0 Å². The fraction of sp³-hybridized carbons (Fsp3) is 0.111. The van der Waals surface area contributed by atoms with Gasteiger partial charge in [-0.05, 0) is 0 Å². The van der Waals surface area contributed by atoms with E-state index in [-0.39, 0.29) is 5.41 Å². The molecule has 1 rings (SSSR count). The van der Waals surface area contributed by atoms with Crippen LogP contribution in [0.3, 0.4) is 0 Å². The Labute approximate surface area is 55.9 Å².